The first-order valence-corrected chi connectivity index (χ1v) is 12.5. The zero-order valence-corrected chi connectivity index (χ0v) is 21.1. The van der Waals surface area contributed by atoms with Crippen molar-refractivity contribution in [2.24, 2.45) is 0 Å². The van der Waals surface area contributed by atoms with Crippen molar-refractivity contribution in [3.8, 4) is 5.75 Å². The molecule has 0 spiro atoms. The normalized spacial score (nSPS) is 16.6. The molecule has 0 radical (unpaired) electrons. The van der Waals surface area contributed by atoms with Gasteiger partial charge in [0.1, 0.15) is 5.75 Å². The van der Waals surface area contributed by atoms with Crippen molar-refractivity contribution in [1.29, 1.82) is 0 Å². The largest absolute Gasteiger partial charge is 0.573 e. The van der Waals surface area contributed by atoms with E-state index in [2.05, 4.69) is 15.4 Å². The third kappa shape index (κ3) is 7.42. The van der Waals surface area contributed by atoms with Gasteiger partial charge in [-0.25, -0.2) is 0 Å². The minimum Gasteiger partial charge on any atom is -0.405 e. The molecule has 0 aliphatic carbocycles. The molecule has 2 N–H and O–H groups in total. The van der Waals surface area contributed by atoms with Crippen molar-refractivity contribution in [2.75, 3.05) is 25.9 Å². The van der Waals surface area contributed by atoms with Crippen molar-refractivity contribution in [1.82, 2.24) is 15.5 Å². The molecule has 0 bridgehead atoms. The van der Waals surface area contributed by atoms with Gasteiger partial charge in [-0.2, -0.15) is 0 Å². The SMILES string of the molecule is CCSc1ccc(Cl)cc1CNC(=O)c1cc(Cl)c(CN2CC[C@H](NC)C2)c(OC(F)(F)F)c1. The zero-order valence-electron chi connectivity index (χ0n) is 18.8. The molecule has 0 aromatic heterocycles. The quantitative estimate of drug-likeness (QED) is 0.401. The molecule has 2 aromatic carbocycles. The number of alkyl halides is 3. The number of nitrogens with one attached hydrogen (secondary N) is 2. The molecule has 0 saturated carbocycles. The lowest BCUT2D eigenvalue weighted by Crippen LogP contribution is -2.30. The number of amides is 1. The summed E-state index contributed by atoms with van der Waals surface area (Å²) in [5.41, 5.74) is 0.994. The number of hydrogen-bond donors (Lipinski definition) is 2. The van der Waals surface area contributed by atoms with Gasteiger partial charge in [0.25, 0.3) is 5.91 Å². The number of hydrogen-bond acceptors (Lipinski definition) is 5. The average molecular weight is 536 g/mol. The second kappa shape index (κ2) is 11.9. The topological polar surface area (TPSA) is 53.6 Å². The van der Waals surface area contributed by atoms with Crippen LogP contribution < -0.4 is 15.4 Å². The van der Waals surface area contributed by atoms with Crippen molar-refractivity contribution in [3.63, 3.8) is 0 Å². The summed E-state index contributed by atoms with van der Waals surface area (Å²) in [5.74, 6) is -0.198. The third-order valence-electron chi connectivity index (χ3n) is 5.47. The van der Waals surface area contributed by atoms with Gasteiger partial charge in [0.15, 0.2) is 0 Å². The van der Waals surface area contributed by atoms with Gasteiger partial charge in [0.05, 0.1) is 0 Å². The molecule has 1 saturated heterocycles. The van der Waals surface area contributed by atoms with E-state index in [1.807, 2.05) is 24.9 Å². The van der Waals surface area contributed by atoms with Gasteiger partial charge in [0, 0.05) is 58.3 Å². The number of carbonyl (C=O) groups is 1. The Morgan fingerprint density at radius 1 is 1.26 bits per heavy atom. The minimum atomic E-state index is -4.92. The molecule has 3 rings (SSSR count). The number of carbonyl (C=O) groups excluding carboxylic acids is 1. The van der Waals surface area contributed by atoms with Gasteiger partial charge in [-0.3, -0.25) is 9.69 Å². The summed E-state index contributed by atoms with van der Waals surface area (Å²) in [6, 6.07) is 8.12. The van der Waals surface area contributed by atoms with Gasteiger partial charge in [0.2, 0.25) is 0 Å². The summed E-state index contributed by atoms with van der Waals surface area (Å²) in [5, 5.41) is 6.48. The lowest BCUT2D eigenvalue weighted by molar-refractivity contribution is -0.275. The highest BCUT2D eigenvalue weighted by atomic mass is 35.5. The fourth-order valence-electron chi connectivity index (χ4n) is 3.81. The number of nitrogens with zero attached hydrogens (tertiary/aromatic N) is 1. The predicted octanol–water partition coefficient (Wildman–Crippen LogP) is 5.73. The second-order valence-corrected chi connectivity index (χ2v) is 10.0. The first-order valence-electron chi connectivity index (χ1n) is 10.8. The Bertz CT molecular complexity index is 1020. The number of benzene rings is 2. The monoisotopic (exact) mass is 535 g/mol. The summed E-state index contributed by atoms with van der Waals surface area (Å²) < 4.78 is 43.7. The highest BCUT2D eigenvalue weighted by Gasteiger charge is 2.34. The molecule has 34 heavy (non-hydrogen) atoms. The standard InChI is InChI=1S/C23H26Cl2F3N3O2S/c1-3-34-21-5-4-16(24)8-15(21)11-30-22(32)14-9-19(25)18(20(10-14)33-23(26,27)28)13-31-7-6-17(12-31)29-2/h4-5,8-10,17,29H,3,6-7,11-13H2,1-2H3,(H,30,32)/t17-/m0/s1. The van der Waals surface area contributed by atoms with Gasteiger partial charge in [-0.1, -0.05) is 30.1 Å². The van der Waals surface area contributed by atoms with E-state index in [4.69, 9.17) is 23.2 Å². The fourth-order valence-corrected chi connectivity index (χ4v) is 5.06. The van der Waals surface area contributed by atoms with Gasteiger partial charge in [-0.15, -0.1) is 24.9 Å². The zero-order chi connectivity index (χ0) is 24.9. The summed E-state index contributed by atoms with van der Waals surface area (Å²) in [6.45, 7) is 3.75. The third-order valence-corrected chi connectivity index (χ3v) is 7.04. The van der Waals surface area contributed by atoms with E-state index < -0.39 is 18.0 Å². The molecule has 5 nitrogen and oxygen atoms in total. The van der Waals surface area contributed by atoms with Crippen LogP contribution in [0.3, 0.4) is 0 Å². The van der Waals surface area contributed by atoms with Crippen molar-refractivity contribution >= 4 is 40.9 Å². The van der Waals surface area contributed by atoms with Crippen LogP contribution in [0.15, 0.2) is 35.2 Å². The predicted molar refractivity (Wildman–Crippen MR) is 130 cm³/mol. The van der Waals surface area contributed by atoms with Crippen LogP contribution in [-0.4, -0.2) is 49.1 Å². The number of halogens is 5. The maximum Gasteiger partial charge on any atom is 0.573 e. The van der Waals surface area contributed by atoms with E-state index in [1.165, 1.54) is 6.07 Å². The van der Waals surface area contributed by atoms with E-state index in [1.54, 1.807) is 23.9 Å². The Hall–Kier alpha value is -1.65. The van der Waals surface area contributed by atoms with Crippen LogP contribution in [0.25, 0.3) is 0 Å². The van der Waals surface area contributed by atoms with E-state index in [-0.39, 0.29) is 35.3 Å². The van der Waals surface area contributed by atoms with E-state index >= 15 is 0 Å². The lowest BCUT2D eigenvalue weighted by Gasteiger charge is -2.21. The maximum atomic E-state index is 13.1. The first-order chi connectivity index (χ1) is 16.1. The highest BCUT2D eigenvalue weighted by Crippen LogP contribution is 2.34. The van der Waals surface area contributed by atoms with Crippen LogP contribution in [0.5, 0.6) is 5.75 Å². The average Bonchev–Trinajstić information content (AvgIpc) is 3.22. The number of likely N-dealkylation sites (N-methyl/N-ethyl adjacent to an activating group) is 1. The number of thioether (sulfide) groups is 1. The number of rotatable bonds is 9. The maximum absolute atomic E-state index is 13.1. The molecule has 1 aliphatic heterocycles. The molecule has 2 aromatic rings. The summed E-state index contributed by atoms with van der Waals surface area (Å²) in [7, 11) is 1.85. The van der Waals surface area contributed by atoms with E-state index in [0.717, 1.165) is 28.7 Å². The summed E-state index contributed by atoms with van der Waals surface area (Å²) in [4.78, 5) is 15.8. The minimum absolute atomic E-state index is 0.0192. The number of ether oxygens (including phenoxy) is 1. The Labute approximate surface area is 211 Å². The van der Waals surface area contributed by atoms with Crippen LogP contribution in [0, 0.1) is 0 Å². The molecule has 1 fully saturated rings. The summed E-state index contributed by atoms with van der Waals surface area (Å²) >= 11 is 14.1. The van der Waals surface area contributed by atoms with E-state index in [9.17, 15) is 18.0 Å². The molecular formula is C23H26Cl2F3N3O2S. The van der Waals surface area contributed by atoms with Crippen LogP contribution in [0.4, 0.5) is 13.2 Å². The smallest absolute Gasteiger partial charge is 0.405 e. The van der Waals surface area contributed by atoms with Gasteiger partial charge < -0.3 is 15.4 Å². The van der Waals surface area contributed by atoms with Crippen molar-refractivity contribution in [3.05, 3.63) is 57.1 Å². The molecule has 186 valence electrons. The van der Waals surface area contributed by atoms with Crippen LogP contribution in [-0.2, 0) is 13.1 Å². The Morgan fingerprint density at radius 3 is 2.68 bits per heavy atom. The second-order valence-electron chi connectivity index (χ2n) is 7.86. The molecule has 1 amide bonds. The van der Waals surface area contributed by atoms with Crippen molar-refractivity contribution in [2.45, 2.75) is 43.7 Å². The lowest BCUT2D eigenvalue weighted by atomic mass is 10.1. The Balaban J connectivity index is 1.81. The molecule has 1 aliphatic rings. The van der Waals surface area contributed by atoms with E-state index in [0.29, 0.717) is 18.1 Å². The summed E-state index contributed by atoms with van der Waals surface area (Å²) in [6.07, 6.45) is -4.04. The van der Waals surface area contributed by atoms with Crippen LogP contribution in [0.2, 0.25) is 10.0 Å². The Kier molecular flexibility index (Phi) is 9.40. The molecule has 11 heteroatoms. The highest BCUT2D eigenvalue weighted by molar-refractivity contribution is 7.99. The Morgan fingerprint density at radius 2 is 2.03 bits per heavy atom. The van der Waals surface area contributed by atoms with Gasteiger partial charge >= 0.3 is 6.36 Å². The number of likely N-dealkylation sites (tertiary alicyclic amines) is 1. The first kappa shape index (κ1) is 26.9. The fraction of sp³-hybridized carbons (Fsp3) is 0.435. The molecule has 0 unspecified atom stereocenters. The van der Waals surface area contributed by atoms with Crippen LogP contribution in [0.1, 0.15) is 34.8 Å². The van der Waals surface area contributed by atoms with Crippen LogP contribution >= 0.6 is 35.0 Å². The van der Waals surface area contributed by atoms with Crippen molar-refractivity contribution < 1.29 is 22.7 Å². The molecular weight excluding hydrogens is 510 g/mol. The molecule has 1 atom stereocenters. The molecule has 1 heterocycles. The van der Waals surface area contributed by atoms with Gasteiger partial charge in [-0.05, 0) is 55.1 Å².